The number of hydrogen-bond donors (Lipinski definition) is 0. The fraction of sp³-hybridized carbons (Fsp3) is 0.350. The van der Waals surface area contributed by atoms with Crippen molar-refractivity contribution < 1.29 is 9.53 Å². The van der Waals surface area contributed by atoms with Crippen LogP contribution in [0.15, 0.2) is 49.1 Å². The Bertz CT molecular complexity index is 918. The quantitative estimate of drug-likeness (QED) is 0.624. The molecule has 0 atom stereocenters. The Kier molecular flexibility index (Phi) is 5.64. The van der Waals surface area contributed by atoms with Gasteiger partial charge >= 0.3 is 0 Å². The molecular weight excluding hydrogens is 370 g/mol. The normalized spacial score (nSPS) is 14.1. The average molecular weight is 393 g/mol. The zero-order valence-electron chi connectivity index (χ0n) is 16.3. The van der Waals surface area contributed by atoms with E-state index < -0.39 is 0 Å². The first kappa shape index (κ1) is 18.9. The minimum absolute atomic E-state index is 0.138. The molecule has 29 heavy (non-hydrogen) atoms. The molecule has 1 fully saturated rings. The topological polar surface area (TPSA) is 89.3 Å². The molecule has 0 saturated carbocycles. The van der Waals surface area contributed by atoms with Gasteiger partial charge in [-0.1, -0.05) is 12.1 Å². The molecule has 150 valence electrons. The van der Waals surface area contributed by atoms with E-state index >= 15 is 0 Å². The number of aromatic nitrogens is 5. The summed E-state index contributed by atoms with van der Waals surface area (Å²) >= 11 is 0. The van der Waals surface area contributed by atoms with Gasteiger partial charge in [0.1, 0.15) is 12.7 Å². The van der Waals surface area contributed by atoms with Crippen LogP contribution in [0.3, 0.4) is 0 Å². The Morgan fingerprint density at radius 1 is 0.966 bits per heavy atom. The molecule has 3 heterocycles. The van der Waals surface area contributed by atoms with Gasteiger partial charge in [-0.25, -0.2) is 0 Å². The van der Waals surface area contributed by atoms with Crippen molar-refractivity contribution in [1.29, 1.82) is 0 Å². The minimum Gasteiger partial charge on any atom is -0.477 e. The number of hydrogen-bond acceptors (Lipinski definition) is 7. The van der Waals surface area contributed by atoms with Crippen LogP contribution in [0.5, 0.6) is 5.88 Å². The van der Waals surface area contributed by atoms with Crippen LogP contribution in [-0.4, -0.2) is 68.6 Å². The molecule has 0 spiro atoms. The van der Waals surface area contributed by atoms with Crippen molar-refractivity contribution in [3.8, 4) is 11.6 Å². The van der Waals surface area contributed by atoms with Gasteiger partial charge in [-0.2, -0.15) is 0 Å². The third kappa shape index (κ3) is 4.50. The van der Waals surface area contributed by atoms with Crippen LogP contribution in [0.1, 0.15) is 12.5 Å². The molecule has 2 aromatic heterocycles. The maximum Gasteiger partial charge on any atom is 0.233 e. The van der Waals surface area contributed by atoms with Gasteiger partial charge in [0.15, 0.2) is 5.82 Å². The van der Waals surface area contributed by atoms with Gasteiger partial charge in [0.25, 0.3) is 0 Å². The number of rotatable bonds is 6. The lowest BCUT2D eigenvalue weighted by atomic mass is 10.1. The molecule has 0 radical (unpaired) electrons. The van der Waals surface area contributed by atoms with Crippen LogP contribution in [0.2, 0.25) is 0 Å². The summed E-state index contributed by atoms with van der Waals surface area (Å²) < 4.78 is 7.16. The van der Waals surface area contributed by atoms with Crippen molar-refractivity contribution in [3.63, 3.8) is 0 Å². The maximum atomic E-state index is 12.7. The van der Waals surface area contributed by atoms with E-state index in [4.69, 9.17) is 4.74 Å². The summed E-state index contributed by atoms with van der Waals surface area (Å²) in [4.78, 5) is 16.7. The van der Waals surface area contributed by atoms with Crippen molar-refractivity contribution in [3.05, 3.63) is 54.6 Å². The van der Waals surface area contributed by atoms with Crippen LogP contribution in [0.4, 0.5) is 5.82 Å². The van der Waals surface area contributed by atoms with Gasteiger partial charge in [0, 0.05) is 37.9 Å². The van der Waals surface area contributed by atoms with E-state index in [9.17, 15) is 4.79 Å². The number of amides is 1. The van der Waals surface area contributed by atoms with Crippen molar-refractivity contribution in [2.24, 2.45) is 0 Å². The van der Waals surface area contributed by atoms with Gasteiger partial charge in [-0.15, -0.1) is 20.4 Å². The van der Waals surface area contributed by atoms with Gasteiger partial charge in [0.05, 0.1) is 13.0 Å². The first-order valence-electron chi connectivity index (χ1n) is 9.66. The molecule has 3 aromatic rings. The summed E-state index contributed by atoms with van der Waals surface area (Å²) in [6, 6.07) is 11.6. The van der Waals surface area contributed by atoms with Crippen molar-refractivity contribution in [2.75, 3.05) is 37.7 Å². The minimum atomic E-state index is 0.138. The summed E-state index contributed by atoms with van der Waals surface area (Å²) in [7, 11) is 0. The number of anilines is 1. The van der Waals surface area contributed by atoms with E-state index in [1.807, 2.05) is 52.8 Å². The predicted molar refractivity (Wildman–Crippen MR) is 107 cm³/mol. The predicted octanol–water partition coefficient (Wildman–Crippen LogP) is 1.35. The lowest BCUT2D eigenvalue weighted by Gasteiger charge is -2.35. The van der Waals surface area contributed by atoms with E-state index in [0.717, 1.165) is 30.2 Å². The second kappa shape index (κ2) is 8.68. The second-order valence-electron chi connectivity index (χ2n) is 6.74. The van der Waals surface area contributed by atoms with E-state index in [2.05, 4.69) is 25.3 Å². The number of nitrogens with zero attached hydrogens (tertiary/aromatic N) is 7. The second-order valence-corrected chi connectivity index (χ2v) is 6.74. The van der Waals surface area contributed by atoms with Crippen molar-refractivity contribution >= 4 is 11.7 Å². The maximum absolute atomic E-state index is 12.7. The molecule has 1 aliphatic rings. The van der Waals surface area contributed by atoms with Gasteiger partial charge in [-0.3, -0.25) is 9.36 Å². The third-order valence-corrected chi connectivity index (χ3v) is 4.88. The van der Waals surface area contributed by atoms with Crippen molar-refractivity contribution in [2.45, 2.75) is 13.3 Å². The molecule has 9 heteroatoms. The molecule has 0 aliphatic carbocycles. The van der Waals surface area contributed by atoms with Crippen LogP contribution >= 0.6 is 0 Å². The number of carbonyl (C=O) groups excluding carboxylic acids is 1. The van der Waals surface area contributed by atoms with E-state index in [-0.39, 0.29) is 5.91 Å². The molecule has 0 bridgehead atoms. The fourth-order valence-electron chi connectivity index (χ4n) is 3.30. The number of ether oxygens (including phenoxy) is 1. The highest BCUT2D eigenvalue weighted by molar-refractivity contribution is 5.79. The molecule has 0 unspecified atom stereocenters. The molecule has 1 aromatic carbocycles. The monoisotopic (exact) mass is 393 g/mol. The van der Waals surface area contributed by atoms with Crippen LogP contribution in [-0.2, 0) is 11.2 Å². The smallest absolute Gasteiger partial charge is 0.233 e. The summed E-state index contributed by atoms with van der Waals surface area (Å²) in [6.45, 7) is 5.30. The van der Waals surface area contributed by atoms with E-state index in [0.29, 0.717) is 32.0 Å². The van der Waals surface area contributed by atoms with E-state index in [1.54, 1.807) is 12.7 Å². The van der Waals surface area contributed by atoms with Gasteiger partial charge in [0.2, 0.25) is 11.8 Å². The Morgan fingerprint density at radius 2 is 1.69 bits per heavy atom. The number of piperazine rings is 1. The lowest BCUT2D eigenvalue weighted by molar-refractivity contribution is -0.130. The van der Waals surface area contributed by atoms with Gasteiger partial charge < -0.3 is 14.5 Å². The highest BCUT2D eigenvalue weighted by Gasteiger charge is 2.22. The lowest BCUT2D eigenvalue weighted by Crippen LogP contribution is -2.49. The molecule has 4 rings (SSSR count). The SMILES string of the molecule is CCOc1ccc(N2CCN(C(=O)Cc3ccc(-n4cnnc4)cc3)CC2)nn1. The Hall–Kier alpha value is -3.49. The first-order valence-corrected chi connectivity index (χ1v) is 9.66. The van der Waals surface area contributed by atoms with Crippen LogP contribution in [0.25, 0.3) is 5.69 Å². The van der Waals surface area contributed by atoms with Crippen LogP contribution < -0.4 is 9.64 Å². The highest BCUT2D eigenvalue weighted by atomic mass is 16.5. The molecule has 1 aliphatic heterocycles. The Morgan fingerprint density at radius 3 is 2.31 bits per heavy atom. The largest absolute Gasteiger partial charge is 0.477 e. The molecule has 9 nitrogen and oxygen atoms in total. The van der Waals surface area contributed by atoms with E-state index in [1.165, 1.54) is 0 Å². The van der Waals surface area contributed by atoms with Gasteiger partial charge in [-0.05, 0) is 30.7 Å². The third-order valence-electron chi connectivity index (χ3n) is 4.88. The zero-order chi connectivity index (χ0) is 20.1. The number of carbonyl (C=O) groups is 1. The number of benzene rings is 1. The zero-order valence-corrected chi connectivity index (χ0v) is 16.3. The summed E-state index contributed by atoms with van der Waals surface area (Å²) in [5.41, 5.74) is 1.96. The summed E-state index contributed by atoms with van der Waals surface area (Å²) in [6.07, 6.45) is 3.69. The Labute approximate surface area is 168 Å². The standard InChI is InChI=1S/C20H23N7O2/c1-2-29-19-8-7-18(23-24-19)25-9-11-26(12-10-25)20(28)13-16-3-5-17(6-4-16)27-14-21-22-15-27/h3-8,14-15H,2,9-13H2,1H3. The molecular formula is C20H23N7O2. The highest BCUT2D eigenvalue weighted by Crippen LogP contribution is 2.16. The molecule has 1 amide bonds. The van der Waals surface area contributed by atoms with Crippen molar-refractivity contribution in [1.82, 2.24) is 29.9 Å². The Balaban J connectivity index is 1.29. The molecule has 1 saturated heterocycles. The summed E-state index contributed by atoms with van der Waals surface area (Å²) in [5, 5.41) is 15.9. The first-order chi connectivity index (χ1) is 14.2. The fourth-order valence-corrected chi connectivity index (χ4v) is 3.30. The summed E-state index contributed by atoms with van der Waals surface area (Å²) in [5.74, 6) is 1.48. The van der Waals surface area contributed by atoms with Crippen LogP contribution in [0, 0.1) is 0 Å². The molecule has 0 N–H and O–H groups in total. The average Bonchev–Trinajstić information content (AvgIpc) is 3.30.